The molecule has 0 saturated carbocycles. The molecular weight excluding hydrogens is 279 g/mol. The van der Waals surface area contributed by atoms with E-state index in [1.165, 1.54) is 6.07 Å². The highest BCUT2D eigenvalue weighted by Crippen LogP contribution is 2.33. The molecule has 0 saturated heterocycles. The van der Waals surface area contributed by atoms with Crippen LogP contribution in [0.1, 0.15) is 19.4 Å². The van der Waals surface area contributed by atoms with Crippen LogP contribution in [0.25, 0.3) is 0 Å². The molecule has 0 amide bonds. The number of benzene rings is 1. The molecule has 1 aromatic carbocycles. The molecule has 0 aliphatic heterocycles. The number of halogens is 4. The van der Waals surface area contributed by atoms with Gasteiger partial charge in [-0.05, 0) is 24.1 Å². The molecule has 1 atom stereocenters. The van der Waals surface area contributed by atoms with E-state index in [0.717, 1.165) is 12.1 Å². The highest BCUT2D eigenvalue weighted by molar-refractivity contribution is 6.30. The van der Waals surface area contributed by atoms with Gasteiger partial charge in [-0.2, -0.15) is 13.2 Å². The molecule has 19 heavy (non-hydrogen) atoms. The van der Waals surface area contributed by atoms with E-state index >= 15 is 0 Å². The highest BCUT2D eigenvalue weighted by Gasteiger charge is 2.31. The molecule has 0 fully saturated rings. The Hall–Kier alpha value is -0.940. The Morgan fingerprint density at radius 3 is 2.37 bits per heavy atom. The first-order valence-corrected chi connectivity index (χ1v) is 6.25. The Balaban J connectivity index is 2.97. The molecule has 6 heteroatoms. The third-order valence-corrected chi connectivity index (χ3v) is 2.95. The summed E-state index contributed by atoms with van der Waals surface area (Å²) >= 11 is 5.72. The fourth-order valence-electron chi connectivity index (χ4n) is 1.63. The van der Waals surface area contributed by atoms with Crippen LogP contribution < -0.4 is 5.32 Å². The minimum Gasteiger partial charge on any atom is -0.383 e. The van der Waals surface area contributed by atoms with Crippen molar-refractivity contribution < 1.29 is 17.9 Å². The molecule has 0 heterocycles. The zero-order chi connectivity index (χ0) is 14.6. The van der Waals surface area contributed by atoms with Crippen LogP contribution in [-0.4, -0.2) is 19.8 Å². The van der Waals surface area contributed by atoms with Crippen LogP contribution in [0, 0.1) is 5.92 Å². The van der Waals surface area contributed by atoms with E-state index in [-0.39, 0.29) is 17.0 Å². The van der Waals surface area contributed by atoms with Gasteiger partial charge in [-0.1, -0.05) is 25.4 Å². The van der Waals surface area contributed by atoms with Gasteiger partial charge in [0.15, 0.2) is 0 Å². The van der Waals surface area contributed by atoms with Crippen LogP contribution in [-0.2, 0) is 10.9 Å². The number of rotatable bonds is 5. The van der Waals surface area contributed by atoms with E-state index in [4.69, 9.17) is 16.3 Å². The first kappa shape index (κ1) is 16.1. The second kappa shape index (κ2) is 6.48. The van der Waals surface area contributed by atoms with Crippen molar-refractivity contribution >= 4 is 17.3 Å². The van der Waals surface area contributed by atoms with E-state index in [1.807, 2.05) is 13.8 Å². The van der Waals surface area contributed by atoms with Gasteiger partial charge in [0.1, 0.15) is 0 Å². The summed E-state index contributed by atoms with van der Waals surface area (Å²) < 4.78 is 43.1. The van der Waals surface area contributed by atoms with Gasteiger partial charge in [0.25, 0.3) is 0 Å². The monoisotopic (exact) mass is 295 g/mol. The smallest absolute Gasteiger partial charge is 0.383 e. The van der Waals surface area contributed by atoms with E-state index < -0.39 is 11.7 Å². The number of nitrogens with one attached hydrogen (secondary N) is 1. The average Bonchev–Trinajstić information content (AvgIpc) is 2.26. The quantitative estimate of drug-likeness (QED) is 0.867. The lowest BCUT2D eigenvalue weighted by atomic mass is 10.0. The first-order valence-electron chi connectivity index (χ1n) is 5.87. The molecule has 0 radical (unpaired) electrons. The van der Waals surface area contributed by atoms with Crippen molar-refractivity contribution in [3.63, 3.8) is 0 Å². The van der Waals surface area contributed by atoms with Crippen LogP contribution in [0.5, 0.6) is 0 Å². The molecule has 1 N–H and O–H groups in total. The zero-order valence-electron chi connectivity index (χ0n) is 11.0. The molecule has 108 valence electrons. The van der Waals surface area contributed by atoms with Crippen molar-refractivity contribution in [1.29, 1.82) is 0 Å². The van der Waals surface area contributed by atoms with Crippen LogP contribution in [0.15, 0.2) is 18.2 Å². The van der Waals surface area contributed by atoms with E-state index in [2.05, 4.69) is 5.32 Å². The summed E-state index contributed by atoms with van der Waals surface area (Å²) in [5, 5.41) is 3.08. The van der Waals surface area contributed by atoms with Crippen molar-refractivity contribution in [2.75, 3.05) is 19.0 Å². The summed E-state index contributed by atoms with van der Waals surface area (Å²) in [5.41, 5.74) is -0.419. The molecule has 0 aliphatic rings. The second-order valence-electron chi connectivity index (χ2n) is 4.68. The fraction of sp³-hybridized carbons (Fsp3) is 0.538. The SMILES string of the molecule is COCC(Nc1cc(Cl)cc(C(F)(F)F)c1)C(C)C. The van der Waals surface area contributed by atoms with Crippen molar-refractivity contribution in [3.8, 4) is 0 Å². The van der Waals surface area contributed by atoms with Gasteiger partial charge in [-0.3, -0.25) is 0 Å². The summed E-state index contributed by atoms with van der Waals surface area (Å²) in [4.78, 5) is 0. The van der Waals surface area contributed by atoms with E-state index in [1.54, 1.807) is 7.11 Å². The molecule has 1 rings (SSSR count). The Labute approximate surface area is 115 Å². The molecule has 0 aromatic heterocycles. The maximum Gasteiger partial charge on any atom is 0.416 e. The van der Waals surface area contributed by atoms with Crippen LogP contribution in [0.2, 0.25) is 5.02 Å². The van der Waals surface area contributed by atoms with E-state index in [9.17, 15) is 13.2 Å². The Morgan fingerprint density at radius 2 is 1.89 bits per heavy atom. The third kappa shape index (κ3) is 4.91. The van der Waals surface area contributed by atoms with Gasteiger partial charge in [0, 0.05) is 17.8 Å². The van der Waals surface area contributed by atoms with Gasteiger partial charge in [0.05, 0.1) is 18.2 Å². The lowest BCUT2D eigenvalue weighted by Crippen LogP contribution is -2.30. The number of hydrogen-bond acceptors (Lipinski definition) is 2. The Kier molecular flexibility index (Phi) is 5.50. The second-order valence-corrected chi connectivity index (χ2v) is 5.11. The predicted molar refractivity (Wildman–Crippen MR) is 70.6 cm³/mol. The number of methoxy groups -OCH3 is 1. The Bertz CT molecular complexity index is 421. The van der Waals surface area contributed by atoms with Crippen LogP contribution >= 0.6 is 11.6 Å². The number of anilines is 1. The summed E-state index contributed by atoms with van der Waals surface area (Å²) in [6.07, 6.45) is -4.41. The van der Waals surface area contributed by atoms with Gasteiger partial charge in [-0.25, -0.2) is 0 Å². The third-order valence-electron chi connectivity index (χ3n) is 2.73. The standard InChI is InChI=1S/C13H17ClF3NO/c1-8(2)12(7-19-3)18-11-5-9(13(15,16)17)4-10(14)6-11/h4-6,8,12,18H,7H2,1-3H3. The lowest BCUT2D eigenvalue weighted by Gasteiger charge is -2.23. The van der Waals surface area contributed by atoms with Crippen molar-refractivity contribution in [2.24, 2.45) is 5.92 Å². The molecule has 1 unspecified atom stereocenters. The molecule has 0 spiro atoms. The maximum atomic E-state index is 12.7. The average molecular weight is 296 g/mol. The van der Waals surface area contributed by atoms with Gasteiger partial charge in [0.2, 0.25) is 0 Å². The van der Waals surface area contributed by atoms with Crippen LogP contribution in [0.4, 0.5) is 18.9 Å². The number of ether oxygens (including phenoxy) is 1. The van der Waals surface area contributed by atoms with Crippen molar-refractivity contribution in [3.05, 3.63) is 28.8 Å². The lowest BCUT2D eigenvalue weighted by molar-refractivity contribution is -0.137. The van der Waals surface area contributed by atoms with Crippen molar-refractivity contribution in [1.82, 2.24) is 0 Å². The topological polar surface area (TPSA) is 21.3 Å². The van der Waals surface area contributed by atoms with Gasteiger partial charge < -0.3 is 10.1 Å². The molecule has 1 aromatic rings. The maximum absolute atomic E-state index is 12.7. The zero-order valence-corrected chi connectivity index (χ0v) is 11.8. The summed E-state index contributed by atoms with van der Waals surface area (Å²) in [6.45, 7) is 4.34. The molecule has 0 bridgehead atoms. The molecule has 2 nitrogen and oxygen atoms in total. The van der Waals surface area contributed by atoms with Gasteiger partial charge >= 0.3 is 6.18 Å². The van der Waals surface area contributed by atoms with Crippen LogP contribution in [0.3, 0.4) is 0 Å². The molecule has 0 aliphatic carbocycles. The fourth-order valence-corrected chi connectivity index (χ4v) is 1.87. The van der Waals surface area contributed by atoms with Gasteiger partial charge in [-0.15, -0.1) is 0 Å². The number of hydrogen-bond donors (Lipinski definition) is 1. The Morgan fingerprint density at radius 1 is 1.26 bits per heavy atom. The predicted octanol–water partition coefficient (Wildman–Crippen LogP) is 4.44. The summed E-state index contributed by atoms with van der Waals surface area (Å²) in [6, 6.07) is 3.36. The van der Waals surface area contributed by atoms with Crippen molar-refractivity contribution in [2.45, 2.75) is 26.1 Å². The van der Waals surface area contributed by atoms with E-state index in [0.29, 0.717) is 12.3 Å². The largest absolute Gasteiger partial charge is 0.416 e. The minimum atomic E-state index is -4.41. The highest BCUT2D eigenvalue weighted by atomic mass is 35.5. The summed E-state index contributed by atoms with van der Waals surface area (Å²) in [7, 11) is 1.55. The molecular formula is C13H17ClF3NO. The first-order chi connectivity index (χ1) is 8.74. The minimum absolute atomic E-state index is 0.0530. The normalized spacial score (nSPS) is 13.7. The summed E-state index contributed by atoms with van der Waals surface area (Å²) in [5.74, 6) is 0.216. The number of alkyl halides is 3.